The lowest BCUT2D eigenvalue weighted by Gasteiger charge is -2.26. The van der Waals surface area contributed by atoms with Gasteiger partial charge >= 0.3 is 0 Å². The van der Waals surface area contributed by atoms with Gasteiger partial charge in [0.15, 0.2) is 15.8 Å². The van der Waals surface area contributed by atoms with Crippen LogP contribution in [0.3, 0.4) is 0 Å². The van der Waals surface area contributed by atoms with Gasteiger partial charge in [-0.3, -0.25) is 4.99 Å². The molecular formula is C13H20BrN3O2S. The van der Waals surface area contributed by atoms with Crippen LogP contribution >= 0.6 is 15.9 Å². The van der Waals surface area contributed by atoms with Crippen molar-refractivity contribution in [2.45, 2.75) is 23.5 Å². The van der Waals surface area contributed by atoms with Crippen molar-refractivity contribution >= 4 is 31.7 Å². The molecule has 0 aromatic heterocycles. The Morgan fingerprint density at radius 2 is 1.85 bits per heavy atom. The number of rotatable bonds is 4. The van der Waals surface area contributed by atoms with Crippen LogP contribution in [0.2, 0.25) is 0 Å². The Bertz CT molecular complexity index is 580. The second-order valence-corrected chi connectivity index (χ2v) is 8.39. The van der Waals surface area contributed by atoms with E-state index in [2.05, 4.69) is 31.6 Å². The molecule has 0 bridgehead atoms. The molecule has 1 rings (SSSR count). The summed E-state index contributed by atoms with van der Waals surface area (Å²) >= 11 is 3.30. The predicted octanol–water partition coefficient (Wildman–Crippen LogP) is 1.80. The monoisotopic (exact) mass is 361 g/mol. The Hall–Kier alpha value is -1.08. The second kappa shape index (κ2) is 6.58. The van der Waals surface area contributed by atoms with E-state index in [0.717, 1.165) is 4.47 Å². The SMILES string of the molecule is CN=C(NC)NCC(C)(C)S(=O)(=O)c1ccc(Br)cc1. The summed E-state index contributed by atoms with van der Waals surface area (Å²) in [7, 11) is -0.0718. The van der Waals surface area contributed by atoms with Gasteiger partial charge in [-0.05, 0) is 38.1 Å². The van der Waals surface area contributed by atoms with E-state index in [1.165, 1.54) is 0 Å². The first-order chi connectivity index (χ1) is 9.24. The predicted molar refractivity (Wildman–Crippen MR) is 85.8 cm³/mol. The molecule has 0 fully saturated rings. The Morgan fingerprint density at radius 3 is 2.30 bits per heavy atom. The van der Waals surface area contributed by atoms with E-state index in [4.69, 9.17) is 0 Å². The third kappa shape index (κ3) is 3.73. The number of nitrogens with one attached hydrogen (secondary N) is 2. The van der Waals surface area contributed by atoms with Gasteiger partial charge in [-0.1, -0.05) is 15.9 Å². The molecule has 0 aliphatic heterocycles. The molecule has 7 heteroatoms. The van der Waals surface area contributed by atoms with E-state index in [1.54, 1.807) is 52.2 Å². The third-order valence-corrected chi connectivity index (χ3v) is 6.01. The van der Waals surface area contributed by atoms with Gasteiger partial charge in [-0.15, -0.1) is 0 Å². The molecule has 0 spiro atoms. The maximum Gasteiger partial charge on any atom is 0.190 e. The lowest BCUT2D eigenvalue weighted by atomic mass is 10.2. The molecule has 0 unspecified atom stereocenters. The fourth-order valence-electron chi connectivity index (χ4n) is 1.60. The standard InChI is InChI=1S/C13H20BrN3O2S/c1-13(2,9-17-12(15-3)16-4)20(18,19)11-7-5-10(14)6-8-11/h5-8H,9H2,1-4H3,(H2,15,16,17). The van der Waals surface area contributed by atoms with E-state index in [9.17, 15) is 8.42 Å². The van der Waals surface area contributed by atoms with E-state index >= 15 is 0 Å². The highest BCUT2D eigenvalue weighted by molar-refractivity contribution is 9.10. The van der Waals surface area contributed by atoms with Crippen LogP contribution in [0, 0.1) is 0 Å². The molecule has 1 aromatic rings. The van der Waals surface area contributed by atoms with Crippen molar-refractivity contribution in [2.24, 2.45) is 4.99 Å². The average molecular weight is 362 g/mol. The fraction of sp³-hybridized carbons (Fsp3) is 0.462. The lowest BCUT2D eigenvalue weighted by Crippen LogP contribution is -2.47. The largest absolute Gasteiger partial charge is 0.359 e. The van der Waals surface area contributed by atoms with Crippen molar-refractivity contribution in [1.82, 2.24) is 10.6 Å². The Labute approximate surface area is 128 Å². The summed E-state index contributed by atoms with van der Waals surface area (Å²) in [4.78, 5) is 4.28. The quantitative estimate of drug-likeness (QED) is 0.633. The van der Waals surface area contributed by atoms with Crippen LogP contribution in [0.4, 0.5) is 0 Å². The van der Waals surface area contributed by atoms with Crippen LogP contribution in [0.25, 0.3) is 0 Å². The van der Waals surface area contributed by atoms with Crippen molar-refractivity contribution in [1.29, 1.82) is 0 Å². The van der Waals surface area contributed by atoms with Gasteiger partial charge < -0.3 is 10.6 Å². The van der Waals surface area contributed by atoms with E-state index in [-0.39, 0.29) is 6.54 Å². The maximum absolute atomic E-state index is 12.6. The molecule has 0 atom stereocenters. The number of benzene rings is 1. The molecule has 0 aliphatic carbocycles. The van der Waals surface area contributed by atoms with Gasteiger partial charge in [0, 0.05) is 25.1 Å². The summed E-state index contributed by atoms with van der Waals surface area (Å²) in [6, 6.07) is 6.66. The zero-order valence-corrected chi connectivity index (χ0v) is 14.5. The molecule has 0 aliphatic rings. The number of nitrogens with zero attached hydrogens (tertiary/aromatic N) is 1. The van der Waals surface area contributed by atoms with Gasteiger partial charge in [0.25, 0.3) is 0 Å². The van der Waals surface area contributed by atoms with Crippen molar-refractivity contribution in [3.63, 3.8) is 0 Å². The van der Waals surface area contributed by atoms with Gasteiger partial charge in [-0.2, -0.15) is 0 Å². The first-order valence-electron chi connectivity index (χ1n) is 6.13. The smallest absolute Gasteiger partial charge is 0.190 e. The minimum Gasteiger partial charge on any atom is -0.359 e. The molecular weight excluding hydrogens is 342 g/mol. The molecule has 0 saturated carbocycles. The molecule has 2 N–H and O–H groups in total. The highest BCUT2D eigenvalue weighted by Crippen LogP contribution is 2.26. The number of hydrogen-bond donors (Lipinski definition) is 2. The number of hydrogen-bond acceptors (Lipinski definition) is 3. The number of aliphatic imine (C=N–C) groups is 1. The van der Waals surface area contributed by atoms with Crippen LogP contribution in [-0.2, 0) is 9.84 Å². The fourth-order valence-corrected chi connectivity index (χ4v) is 3.26. The van der Waals surface area contributed by atoms with Crippen LogP contribution in [0.1, 0.15) is 13.8 Å². The zero-order valence-electron chi connectivity index (χ0n) is 12.1. The summed E-state index contributed by atoms with van der Waals surface area (Å²) in [5.74, 6) is 0.559. The molecule has 5 nitrogen and oxygen atoms in total. The minimum atomic E-state index is -3.43. The molecule has 0 amide bonds. The first-order valence-corrected chi connectivity index (χ1v) is 8.41. The minimum absolute atomic E-state index is 0.263. The van der Waals surface area contributed by atoms with E-state index in [1.807, 2.05) is 0 Å². The molecule has 20 heavy (non-hydrogen) atoms. The molecule has 0 saturated heterocycles. The van der Waals surface area contributed by atoms with Crippen LogP contribution in [-0.4, -0.2) is 39.8 Å². The second-order valence-electron chi connectivity index (χ2n) is 4.89. The summed E-state index contributed by atoms with van der Waals surface area (Å²) < 4.78 is 25.2. The van der Waals surface area contributed by atoms with Gasteiger partial charge in [0.2, 0.25) is 0 Å². The normalized spacial score (nSPS) is 13.2. The Balaban J connectivity index is 2.97. The molecule has 0 heterocycles. The Kier molecular flexibility index (Phi) is 5.59. The third-order valence-electron chi connectivity index (χ3n) is 2.99. The number of guanidine groups is 1. The highest BCUT2D eigenvalue weighted by Gasteiger charge is 2.35. The molecule has 0 radical (unpaired) electrons. The summed E-state index contributed by atoms with van der Waals surface area (Å²) in [5, 5.41) is 5.86. The summed E-state index contributed by atoms with van der Waals surface area (Å²) in [6.07, 6.45) is 0. The van der Waals surface area contributed by atoms with Gasteiger partial charge in [0.05, 0.1) is 9.64 Å². The topological polar surface area (TPSA) is 70.6 Å². The van der Waals surface area contributed by atoms with Gasteiger partial charge in [-0.25, -0.2) is 8.42 Å². The van der Waals surface area contributed by atoms with Crippen LogP contribution < -0.4 is 10.6 Å². The number of sulfone groups is 1. The maximum atomic E-state index is 12.6. The van der Waals surface area contributed by atoms with Gasteiger partial charge in [0.1, 0.15) is 0 Å². The van der Waals surface area contributed by atoms with E-state index < -0.39 is 14.6 Å². The first kappa shape index (κ1) is 17.0. The summed E-state index contributed by atoms with van der Waals surface area (Å²) in [6.45, 7) is 3.65. The Morgan fingerprint density at radius 1 is 1.30 bits per heavy atom. The highest BCUT2D eigenvalue weighted by atomic mass is 79.9. The molecule has 1 aromatic carbocycles. The van der Waals surface area contributed by atoms with Crippen molar-refractivity contribution in [3.8, 4) is 0 Å². The average Bonchev–Trinajstić information content (AvgIpc) is 2.40. The van der Waals surface area contributed by atoms with Crippen molar-refractivity contribution < 1.29 is 8.42 Å². The van der Waals surface area contributed by atoms with Crippen molar-refractivity contribution in [3.05, 3.63) is 28.7 Å². The lowest BCUT2D eigenvalue weighted by molar-refractivity contribution is 0.539. The number of halogens is 1. The van der Waals surface area contributed by atoms with Crippen LogP contribution in [0.5, 0.6) is 0 Å². The van der Waals surface area contributed by atoms with Crippen molar-refractivity contribution in [2.75, 3.05) is 20.6 Å². The zero-order chi connectivity index (χ0) is 15.4. The summed E-state index contributed by atoms with van der Waals surface area (Å²) in [5.41, 5.74) is 0. The van der Waals surface area contributed by atoms with Crippen LogP contribution in [0.15, 0.2) is 38.6 Å². The molecule has 112 valence electrons. The van der Waals surface area contributed by atoms with E-state index in [0.29, 0.717) is 10.9 Å².